The first kappa shape index (κ1) is 15.4. The summed E-state index contributed by atoms with van der Waals surface area (Å²) in [5, 5.41) is 6.66. The Morgan fingerprint density at radius 2 is 2.06 bits per heavy atom. The fourth-order valence-electron chi connectivity index (χ4n) is 1.67. The Balaban J connectivity index is 2.32. The van der Waals surface area contributed by atoms with Gasteiger partial charge in [0.1, 0.15) is 0 Å². The zero-order valence-electron chi connectivity index (χ0n) is 12.1. The molecule has 0 unspecified atom stereocenters. The molecular weight excluding hydrogens is 244 g/mol. The summed E-state index contributed by atoms with van der Waals surface area (Å²) in [5.74, 6) is 0. The fourth-order valence-corrected chi connectivity index (χ4v) is 2.48. The van der Waals surface area contributed by atoms with Crippen LogP contribution in [0.4, 0.5) is 5.13 Å². The lowest BCUT2D eigenvalue weighted by Crippen LogP contribution is -2.23. The molecule has 0 aliphatic heterocycles. The molecule has 0 amide bonds. The Labute approximate surface area is 115 Å². The molecule has 0 radical (unpaired) electrons. The van der Waals surface area contributed by atoms with Gasteiger partial charge in [-0.05, 0) is 40.0 Å². The predicted octanol–water partition coefficient (Wildman–Crippen LogP) is 2.03. The standard InChI is InChI=1S/C13H26N4S/c1-5-7-14-10-12-11-18-13(15-12)17(4)9-6-8-16(2)3/h11,14H,5-10H2,1-4H3. The average molecular weight is 270 g/mol. The monoisotopic (exact) mass is 270 g/mol. The number of hydrogen-bond donors (Lipinski definition) is 1. The highest BCUT2D eigenvalue weighted by molar-refractivity contribution is 7.13. The first-order valence-electron chi connectivity index (χ1n) is 6.64. The van der Waals surface area contributed by atoms with Crippen molar-refractivity contribution in [3.63, 3.8) is 0 Å². The molecule has 104 valence electrons. The largest absolute Gasteiger partial charge is 0.351 e. The number of rotatable bonds is 9. The summed E-state index contributed by atoms with van der Waals surface area (Å²) >= 11 is 1.74. The van der Waals surface area contributed by atoms with Crippen LogP contribution in [-0.4, -0.2) is 50.7 Å². The molecule has 0 fully saturated rings. The van der Waals surface area contributed by atoms with Crippen LogP contribution in [0.2, 0.25) is 0 Å². The summed E-state index contributed by atoms with van der Waals surface area (Å²) in [7, 11) is 6.35. The van der Waals surface area contributed by atoms with Crippen LogP contribution >= 0.6 is 11.3 Å². The van der Waals surface area contributed by atoms with E-state index in [1.807, 2.05) is 0 Å². The Kier molecular flexibility index (Phi) is 7.23. The summed E-state index contributed by atoms with van der Waals surface area (Å²) in [4.78, 5) is 9.11. The Morgan fingerprint density at radius 1 is 1.28 bits per heavy atom. The Morgan fingerprint density at radius 3 is 2.72 bits per heavy atom. The van der Waals surface area contributed by atoms with Crippen LogP contribution in [0.3, 0.4) is 0 Å². The number of nitrogens with zero attached hydrogens (tertiary/aromatic N) is 3. The quantitative estimate of drug-likeness (QED) is 0.696. The summed E-state index contributed by atoms with van der Waals surface area (Å²) in [6, 6.07) is 0. The third-order valence-corrected chi connectivity index (χ3v) is 3.70. The van der Waals surface area contributed by atoms with E-state index in [0.29, 0.717) is 0 Å². The molecule has 0 aliphatic carbocycles. The fraction of sp³-hybridized carbons (Fsp3) is 0.769. The Hall–Kier alpha value is -0.650. The highest BCUT2D eigenvalue weighted by Crippen LogP contribution is 2.19. The second-order valence-electron chi connectivity index (χ2n) is 4.88. The molecule has 0 saturated heterocycles. The van der Waals surface area contributed by atoms with Crippen molar-refractivity contribution >= 4 is 16.5 Å². The lowest BCUT2D eigenvalue weighted by atomic mass is 10.4. The van der Waals surface area contributed by atoms with Gasteiger partial charge in [-0.3, -0.25) is 0 Å². The van der Waals surface area contributed by atoms with Crippen LogP contribution in [0.25, 0.3) is 0 Å². The molecule has 1 rings (SSSR count). The first-order valence-corrected chi connectivity index (χ1v) is 7.52. The zero-order valence-corrected chi connectivity index (χ0v) is 12.9. The molecule has 0 atom stereocenters. The number of aromatic nitrogens is 1. The first-order chi connectivity index (χ1) is 8.63. The predicted molar refractivity (Wildman–Crippen MR) is 80.6 cm³/mol. The van der Waals surface area contributed by atoms with Gasteiger partial charge >= 0.3 is 0 Å². The van der Waals surface area contributed by atoms with Gasteiger partial charge in [0, 0.05) is 25.5 Å². The van der Waals surface area contributed by atoms with E-state index >= 15 is 0 Å². The van der Waals surface area contributed by atoms with E-state index < -0.39 is 0 Å². The third kappa shape index (κ3) is 5.80. The maximum Gasteiger partial charge on any atom is 0.185 e. The van der Waals surface area contributed by atoms with E-state index in [2.05, 4.69) is 53.5 Å². The summed E-state index contributed by atoms with van der Waals surface area (Å²) in [6.07, 6.45) is 2.34. The molecule has 1 N–H and O–H groups in total. The van der Waals surface area contributed by atoms with E-state index in [1.54, 1.807) is 11.3 Å². The van der Waals surface area contributed by atoms with Gasteiger partial charge in [0.25, 0.3) is 0 Å². The lowest BCUT2D eigenvalue weighted by molar-refractivity contribution is 0.401. The van der Waals surface area contributed by atoms with Gasteiger partial charge in [-0.25, -0.2) is 4.98 Å². The normalized spacial score (nSPS) is 11.2. The molecule has 5 heteroatoms. The van der Waals surface area contributed by atoms with Gasteiger partial charge in [0.15, 0.2) is 5.13 Å². The van der Waals surface area contributed by atoms with Crippen LogP contribution in [0, 0.1) is 0 Å². The van der Waals surface area contributed by atoms with Gasteiger partial charge in [0.05, 0.1) is 5.69 Å². The molecule has 1 aromatic heterocycles. The molecule has 0 aromatic carbocycles. The van der Waals surface area contributed by atoms with E-state index in [4.69, 9.17) is 0 Å². The van der Waals surface area contributed by atoms with E-state index in [9.17, 15) is 0 Å². The number of thiazole rings is 1. The third-order valence-electron chi connectivity index (χ3n) is 2.70. The van der Waals surface area contributed by atoms with Crippen LogP contribution in [-0.2, 0) is 6.54 Å². The smallest absolute Gasteiger partial charge is 0.185 e. The minimum atomic E-state index is 0.885. The Bertz CT molecular complexity index is 325. The van der Waals surface area contributed by atoms with Gasteiger partial charge in [-0.1, -0.05) is 6.92 Å². The van der Waals surface area contributed by atoms with Crippen LogP contribution in [0.5, 0.6) is 0 Å². The highest BCUT2D eigenvalue weighted by atomic mass is 32.1. The molecule has 1 aromatic rings. The van der Waals surface area contributed by atoms with Crippen LogP contribution in [0.1, 0.15) is 25.5 Å². The molecule has 18 heavy (non-hydrogen) atoms. The van der Waals surface area contributed by atoms with Crippen molar-refractivity contribution in [1.29, 1.82) is 0 Å². The van der Waals surface area contributed by atoms with Crippen molar-refractivity contribution < 1.29 is 0 Å². The SMILES string of the molecule is CCCNCc1csc(N(C)CCCN(C)C)n1. The molecule has 0 aliphatic rings. The molecule has 4 nitrogen and oxygen atoms in total. The number of hydrogen-bond acceptors (Lipinski definition) is 5. The highest BCUT2D eigenvalue weighted by Gasteiger charge is 2.06. The van der Waals surface area contributed by atoms with Gasteiger partial charge < -0.3 is 15.1 Å². The van der Waals surface area contributed by atoms with E-state index in [0.717, 1.165) is 37.0 Å². The molecular formula is C13H26N4S. The second-order valence-corrected chi connectivity index (χ2v) is 5.71. The minimum Gasteiger partial charge on any atom is -0.351 e. The van der Waals surface area contributed by atoms with Crippen molar-refractivity contribution in [2.45, 2.75) is 26.3 Å². The van der Waals surface area contributed by atoms with Crippen molar-refractivity contribution in [3.05, 3.63) is 11.1 Å². The molecule has 0 spiro atoms. The summed E-state index contributed by atoms with van der Waals surface area (Å²) < 4.78 is 0. The molecule has 1 heterocycles. The number of anilines is 1. The van der Waals surface area contributed by atoms with E-state index in [-0.39, 0.29) is 0 Å². The maximum atomic E-state index is 4.65. The maximum absolute atomic E-state index is 4.65. The van der Waals surface area contributed by atoms with Gasteiger partial charge in [-0.15, -0.1) is 11.3 Å². The number of nitrogens with one attached hydrogen (secondary N) is 1. The van der Waals surface area contributed by atoms with Crippen molar-refractivity contribution in [3.8, 4) is 0 Å². The van der Waals surface area contributed by atoms with Crippen molar-refractivity contribution in [2.75, 3.05) is 45.7 Å². The minimum absolute atomic E-state index is 0.885. The van der Waals surface area contributed by atoms with Crippen molar-refractivity contribution in [2.24, 2.45) is 0 Å². The average Bonchev–Trinajstić information content (AvgIpc) is 2.77. The molecule has 0 saturated carbocycles. The topological polar surface area (TPSA) is 31.4 Å². The van der Waals surface area contributed by atoms with Crippen LogP contribution in [0.15, 0.2) is 5.38 Å². The molecule has 0 bridgehead atoms. The summed E-state index contributed by atoms with van der Waals surface area (Å²) in [6.45, 7) is 6.31. The van der Waals surface area contributed by atoms with Gasteiger partial charge in [0.2, 0.25) is 0 Å². The van der Waals surface area contributed by atoms with E-state index in [1.165, 1.54) is 12.8 Å². The lowest BCUT2D eigenvalue weighted by Gasteiger charge is -2.17. The summed E-state index contributed by atoms with van der Waals surface area (Å²) in [5.41, 5.74) is 1.16. The van der Waals surface area contributed by atoms with Crippen molar-refractivity contribution in [1.82, 2.24) is 15.2 Å². The van der Waals surface area contributed by atoms with Gasteiger partial charge in [-0.2, -0.15) is 0 Å². The second kappa shape index (κ2) is 8.45. The van der Waals surface area contributed by atoms with Crippen LogP contribution < -0.4 is 10.2 Å². The zero-order chi connectivity index (χ0) is 13.4.